The van der Waals surface area contributed by atoms with Crippen molar-refractivity contribution in [3.8, 4) is 0 Å². The average Bonchev–Trinajstić information content (AvgIpc) is 2.41. The maximum Gasteiger partial charge on any atom is 0.314 e. The van der Waals surface area contributed by atoms with Crippen LogP contribution < -0.4 is 5.32 Å². The first-order valence-electron chi connectivity index (χ1n) is 4.32. The predicted octanol–water partition coefficient (Wildman–Crippen LogP) is -0.304. The zero-order valence-electron chi connectivity index (χ0n) is 7.28. The van der Waals surface area contributed by atoms with E-state index in [9.17, 15) is 9.90 Å². The third kappa shape index (κ3) is 1.54. The molecule has 2 heterocycles. The van der Waals surface area contributed by atoms with Crippen LogP contribution in [0.2, 0.25) is 0 Å². The second-order valence-electron chi connectivity index (χ2n) is 3.51. The number of ether oxygens (including phenoxy) is 1. The minimum atomic E-state index is -0.578. The first-order chi connectivity index (χ1) is 5.76. The van der Waals surface area contributed by atoms with E-state index in [1.54, 1.807) is 0 Å². The van der Waals surface area contributed by atoms with Crippen LogP contribution in [0.15, 0.2) is 0 Å². The summed E-state index contributed by atoms with van der Waals surface area (Å²) in [6.07, 6.45) is 0.808. The van der Waals surface area contributed by atoms with Crippen molar-refractivity contribution in [2.24, 2.45) is 5.41 Å². The molecular weight excluding hydrogens is 194 g/mol. The number of β-amino-alcohol motifs (C(OH)–C–C–N with tert-alkyl or cyclic N) is 1. The van der Waals surface area contributed by atoms with Gasteiger partial charge in [-0.25, -0.2) is 0 Å². The number of carbonyl (C=O) groups excluding carboxylic acids is 1. The average molecular weight is 208 g/mol. The van der Waals surface area contributed by atoms with E-state index in [0.29, 0.717) is 26.0 Å². The number of piperidine rings is 1. The van der Waals surface area contributed by atoms with Crippen molar-refractivity contribution in [3.05, 3.63) is 0 Å². The largest absolute Gasteiger partial charge is 0.465 e. The second-order valence-corrected chi connectivity index (χ2v) is 3.51. The highest BCUT2D eigenvalue weighted by Crippen LogP contribution is 2.38. The van der Waals surface area contributed by atoms with Crippen molar-refractivity contribution in [1.29, 1.82) is 0 Å². The molecule has 1 spiro atoms. The number of carbonyl (C=O) groups is 1. The lowest BCUT2D eigenvalue weighted by Crippen LogP contribution is -2.51. The molecule has 2 aliphatic heterocycles. The Bertz CT molecular complexity index is 212. The molecule has 2 rings (SSSR count). The van der Waals surface area contributed by atoms with Gasteiger partial charge in [-0.05, 0) is 13.0 Å². The van der Waals surface area contributed by atoms with Gasteiger partial charge in [-0.2, -0.15) is 0 Å². The fourth-order valence-corrected chi connectivity index (χ4v) is 2.01. The molecule has 0 aliphatic carbocycles. The molecule has 0 aromatic carbocycles. The molecule has 0 aromatic heterocycles. The number of aliphatic hydroxyl groups is 1. The van der Waals surface area contributed by atoms with Gasteiger partial charge in [-0.3, -0.25) is 4.79 Å². The minimum Gasteiger partial charge on any atom is -0.465 e. The van der Waals surface area contributed by atoms with Gasteiger partial charge in [-0.1, -0.05) is 0 Å². The molecule has 2 fully saturated rings. The smallest absolute Gasteiger partial charge is 0.314 e. The van der Waals surface area contributed by atoms with E-state index in [0.717, 1.165) is 6.54 Å². The minimum absolute atomic E-state index is 0. The van der Waals surface area contributed by atoms with Crippen LogP contribution in [-0.2, 0) is 9.53 Å². The molecule has 2 aliphatic rings. The van der Waals surface area contributed by atoms with Gasteiger partial charge in [0, 0.05) is 13.0 Å². The molecule has 2 N–H and O–H groups in total. The summed E-state index contributed by atoms with van der Waals surface area (Å²) in [5.41, 5.74) is -0.578. The number of nitrogens with one attached hydrogen (secondary N) is 1. The maximum atomic E-state index is 11.4. The lowest BCUT2D eigenvalue weighted by Gasteiger charge is -2.34. The molecule has 4 nitrogen and oxygen atoms in total. The van der Waals surface area contributed by atoms with E-state index >= 15 is 0 Å². The summed E-state index contributed by atoms with van der Waals surface area (Å²) < 4.78 is 4.89. The van der Waals surface area contributed by atoms with E-state index in [1.165, 1.54) is 0 Å². The number of cyclic esters (lactones) is 1. The van der Waals surface area contributed by atoms with Crippen molar-refractivity contribution in [1.82, 2.24) is 5.32 Å². The lowest BCUT2D eigenvalue weighted by atomic mass is 9.75. The Morgan fingerprint density at radius 1 is 1.54 bits per heavy atom. The Morgan fingerprint density at radius 2 is 2.31 bits per heavy atom. The van der Waals surface area contributed by atoms with E-state index < -0.39 is 11.5 Å². The second kappa shape index (κ2) is 3.82. The standard InChI is InChI=1S/C8H13NO3.ClH/c10-6-5-9-3-1-8(6)2-4-12-7(8)11;/h6,9-10H,1-5H2;1H/t6-,8+;/m1./s1. The molecule has 0 aromatic rings. The van der Waals surface area contributed by atoms with Gasteiger partial charge in [0.05, 0.1) is 18.1 Å². The van der Waals surface area contributed by atoms with Crippen LogP contribution in [0.3, 0.4) is 0 Å². The number of aliphatic hydroxyl groups excluding tert-OH is 1. The quantitative estimate of drug-likeness (QED) is 0.536. The Morgan fingerprint density at radius 3 is 2.85 bits per heavy atom. The van der Waals surface area contributed by atoms with E-state index in [2.05, 4.69) is 5.32 Å². The number of hydrogen-bond donors (Lipinski definition) is 2. The summed E-state index contributed by atoms with van der Waals surface area (Å²) in [5, 5.41) is 12.7. The molecule has 2 atom stereocenters. The molecule has 0 saturated carbocycles. The molecule has 5 heteroatoms. The van der Waals surface area contributed by atoms with Crippen LogP contribution in [0.4, 0.5) is 0 Å². The van der Waals surface area contributed by atoms with Crippen LogP contribution in [0.25, 0.3) is 0 Å². The normalized spacial score (nSPS) is 38.5. The van der Waals surface area contributed by atoms with Crippen LogP contribution in [-0.4, -0.2) is 36.9 Å². The van der Waals surface area contributed by atoms with Crippen LogP contribution in [0, 0.1) is 5.41 Å². The van der Waals surface area contributed by atoms with Gasteiger partial charge in [0.1, 0.15) is 0 Å². The van der Waals surface area contributed by atoms with Crippen molar-refractivity contribution in [2.45, 2.75) is 18.9 Å². The molecule has 0 bridgehead atoms. The number of hydrogen-bond acceptors (Lipinski definition) is 4. The Kier molecular flexibility index (Phi) is 3.16. The van der Waals surface area contributed by atoms with Crippen molar-refractivity contribution in [3.63, 3.8) is 0 Å². The first kappa shape index (κ1) is 10.8. The third-order valence-electron chi connectivity index (χ3n) is 2.91. The zero-order valence-corrected chi connectivity index (χ0v) is 8.10. The first-order valence-corrected chi connectivity index (χ1v) is 4.32. The van der Waals surface area contributed by atoms with Gasteiger partial charge >= 0.3 is 5.97 Å². The summed E-state index contributed by atoms with van der Waals surface area (Å²) in [6, 6.07) is 0. The molecule has 76 valence electrons. The summed E-state index contributed by atoms with van der Waals surface area (Å²) >= 11 is 0. The SMILES string of the molecule is Cl.O=C1OCC[C@]12CCNC[C@H]2O. The Balaban J connectivity index is 0.000000845. The third-order valence-corrected chi connectivity index (χ3v) is 2.91. The lowest BCUT2D eigenvalue weighted by molar-refractivity contribution is -0.153. The summed E-state index contributed by atoms with van der Waals surface area (Å²) in [4.78, 5) is 11.4. The number of halogens is 1. The highest BCUT2D eigenvalue weighted by atomic mass is 35.5. The van der Waals surface area contributed by atoms with E-state index in [1.807, 2.05) is 0 Å². The highest BCUT2D eigenvalue weighted by Gasteiger charge is 2.51. The predicted molar refractivity (Wildman–Crippen MR) is 48.8 cm³/mol. The molecule has 13 heavy (non-hydrogen) atoms. The monoisotopic (exact) mass is 207 g/mol. The molecule has 0 unspecified atom stereocenters. The van der Waals surface area contributed by atoms with Crippen LogP contribution in [0.1, 0.15) is 12.8 Å². The topological polar surface area (TPSA) is 58.6 Å². The molecule has 0 amide bonds. The van der Waals surface area contributed by atoms with Crippen LogP contribution in [0.5, 0.6) is 0 Å². The fourth-order valence-electron chi connectivity index (χ4n) is 2.01. The van der Waals surface area contributed by atoms with E-state index in [4.69, 9.17) is 4.74 Å². The van der Waals surface area contributed by atoms with Crippen molar-refractivity contribution < 1.29 is 14.6 Å². The molecule has 0 radical (unpaired) electrons. The number of esters is 1. The van der Waals surface area contributed by atoms with Crippen molar-refractivity contribution in [2.75, 3.05) is 19.7 Å². The maximum absolute atomic E-state index is 11.4. The Labute approximate surface area is 83.1 Å². The molecule has 2 saturated heterocycles. The van der Waals surface area contributed by atoms with Crippen molar-refractivity contribution >= 4 is 18.4 Å². The van der Waals surface area contributed by atoms with Gasteiger partial charge in [0.15, 0.2) is 0 Å². The Hall–Kier alpha value is -0.320. The highest BCUT2D eigenvalue weighted by molar-refractivity contribution is 5.85. The summed E-state index contributed by atoms with van der Waals surface area (Å²) in [5.74, 6) is -0.212. The fraction of sp³-hybridized carbons (Fsp3) is 0.875. The summed E-state index contributed by atoms with van der Waals surface area (Å²) in [6.45, 7) is 1.77. The molecular formula is C8H14ClNO3. The number of rotatable bonds is 0. The zero-order chi connectivity index (χ0) is 8.60. The van der Waals surface area contributed by atoms with Gasteiger partial charge < -0.3 is 15.2 Å². The van der Waals surface area contributed by atoms with E-state index in [-0.39, 0.29) is 18.4 Å². The van der Waals surface area contributed by atoms with Crippen LogP contribution >= 0.6 is 12.4 Å². The van der Waals surface area contributed by atoms with Gasteiger partial charge in [0.25, 0.3) is 0 Å². The van der Waals surface area contributed by atoms with Gasteiger partial charge in [0.2, 0.25) is 0 Å². The van der Waals surface area contributed by atoms with Gasteiger partial charge in [-0.15, -0.1) is 12.4 Å². The summed E-state index contributed by atoms with van der Waals surface area (Å²) in [7, 11) is 0.